The van der Waals surface area contributed by atoms with Crippen molar-refractivity contribution in [2.45, 2.75) is 19.8 Å². The van der Waals surface area contributed by atoms with Gasteiger partial charge in [0.1, 0.15) is 0 Å². The van der Waals surface area contributed by atoms with Crippen LogP contribution in [0.25, 0.3) is 76.5 Å². The van der Waals surface area contributed by atoms with Crippen LogP contribution in [-0.2, 0) is 0 Å². The molecule has 0 radical (unpaired) electrons. The zero-order valence-electron chi connectivity index (χ0n) is 26.5. The van der Waals surface area contributed by atoms with E-state index >= 15 is 0 Å². The Hall–Kier alpha value is -5.72. The number of allylic oxidation sites excluding steroid dienone is 4. The molecule has 0 spiro atoms. The Morgan fingerprint density at radius 1 is 0.340 bits per heavy atom. The quantitative estimate of drug-likeness (QED) is 0.177. The van der Waals surface area contributed by atoms with E-state index in [4.69, 9.17) is 0 Å². The maximum atomic E-state index is 2.40. The van der Waals surface area contributed by atoms with Crippen molar-refractivity contribution in [2.75, 3.05) is 0 Å². The molecule has 0 aromatic heterocycles. The molecule has 222 valence electrons. The Morgan fingerprint density at radius 3 is 1.53 bits per heavy atom. The van der Waals surface area contributed by atoms with Gasteiger partial charge in [0.05, 0.1) is 0 Å². The molecule has 1 aliphatic carbocycles. The molecule has 0 saturated heterocycles. The summed E-state index contributed by atoms with van der Waals surface area (Å²) in [4.78, 5) is 0. The standard InChI is InChI=1S/C47H34/c1-31-14-27-44-45(28-31)47(37-23-17-35(18-24-37)41-26-20-33-9-3-5-11-39(33)30-41)43-13-7-6-12-42(43)46(44)36-21-15-34(16-22-36)40-25-19-32-8-2-4-10-38(32)29-40/h2-17,19-23,25-30H,18,24H2,1H3. The van der Waals surface area contributed by atoms with Crippen molar-refractivity contribution in [1.82, 2.24) is 0 Å². The first kappa shape index (κ1) is 27.6. The summed E-state index contributed by atoms with van der Waals surface area (Å²) in [6.45, 7) is 2.21. The number of aryl methyl sites for hydroxylation is 1. The van der Waals surface area contributed by atoms with Crippen LogP contribution in [0.2, 0.25) is 0 Å². The van der Waals surface area contributed by atoms with Crippen LogP contribution < -0.4 is 0 Å². The van der Waals surface area contributed by atoms with Crippen LogP contribution in [0.4, 0.5) is 0 Å². The van der Waals surface area contributed by atoms with Crippen molar-refractivity contribution in [2.24, 2.45) is 0 Å². The summed E-state index contributed by atoms with van der Waals surface area (Å²) in [6, 6.07) is 56.0. The lowest BCUT2D eigenvalue weighted by Crippen LogP contribution is -1.98. The molecule has 0 fully saturated rings. The lowest BCUT2D eigenvalue weighted by atomic mass is 9.82. The summed E-state index contributed by atoms with van der Waals surface area (Å²) in [5.41, 5.74) is 11.9. The topological polar surface area (TPSA) is 0 Å². The van der Waals surface area contributed by atoms with Gasteiger partial charge < -0.3 is 0 Å². The van der Waals surface area contributed by atoms with Crippen LogP contribution in [0.1, 0.15) is 29.5 Å². The minimum Gasteiger partial charge on any atom is -0.0616 e. The van der Waals surface area contributed by atoms with Crippen LogP contribution in [0, 0.1) is 6.92 Å². The lowest BCUT2D eigenvalue weighted by molar-refractivity contribution is 1.08. The molecule has 1 aliphatic rings. The fraction of sp³-hybridized carbons (Fsp3) is 0.0638. The van der Waals surface area contributed by atoms with Gasteiger partial charge >= 0.3 is 0 Å². The molecule has 0 saturated carbocycles. The van der Waals surface area contributed by atoms with Crippen molar-refractivity contribution in [3.8, 4) is 22.3 Å². The van der Waals surface area contributed by atoms with E-state index in [0.717, 1.165) is 12.8 Å². The maximum Gasteiger partial charge on any atom is -0.00264 e. The molecule has 8 aromatic carbocycles. The van der Waals surface area contributed by atoms with Crippen LogP contribution in [0.5, 0.6) is 0 Å². The minimum absolute atomic E-state index is 1.02. The molecule has 47 heavy (non-hydrogen) atoms. The third-order valence-electron chi connectivity index (χ3n) is 10.0. The largest absolute Gasteiger partial charge is 0.0616 e. The number of hydrogen-bond donors (Lipinski definition) is 0. The zero-order valence-corrected chi connectivity index (χ0v) is 26.5. The first-order chi connectivity index (χ1) is 23.2. The van der Waals surface area contributed by atoms with Crippen molar-refractivity contribution in [3.63, 3.8) is 0 Å². The molecular weight excluding hydrogens is 565 g/mol. The van der Waals surface area contributed by atoms with Gasteiger partial charge in [-0.3, -0.25) is 0 Å². The lowest BCUT2D eigenvalue weighted by Gasteiger charge is -2.22. The van der Waals surface area contributed by atoms with Gasteiger partial charge in [-0.05, 0) is 120 Å². The second kappa shape index (κ2) is 11.3. The summed E-state index contributed by atoms with van der Waals surface area (Å²) in [5, 5.41) is 10.4. The third-order valence-corrected chi connectivity index (χ3v) is 10.0. The van der Waals surface area contributed by atoms with Crippen LogP contribution >= 0.6 is 0 Å². The second-order valence-corrected chi connectivity index (χ2v) is 12.9. The van der Waals surface area contributed by atoms with Gasteiger partial charge in [-0.1, -0.05) is 157 Å². The zero-order chi connectivity index (χ0) is 31.3. The summed E-state index contributed by atoms with van der Waals surface area (Å²) >= 11 is 0. The van der Waals surface area contributed by atoms with E-state index in [1.165, 1.54) is 93.2 Å². The predicted octanol–water partition coefficient (Wildman–Crippen LogP) is 13.2. The van der Waals surface area contributed by atoms with Gasteiger partial charge in [-0.15, -0.1) is 0 Å². The molecule has 0 aliphatic heterocycles. The van der Waals surface area contributed by atoms with Crippen molar-refractivity contribution in [3.05, 3.63) is 181 Å². The highest BCUT2D eigenvalue weighted by Crippen LogP contribution is 2.45. The molecule has 0 amide bonds. The molecular formula is C47H34. The molecule has 9 rings (SSSR count). The first-order valence-electron chi connectivity index (χ1n) is 16.6. The molecule has 0 atom stereocenters. The summed E-state index contributed by atoms with van der Waals surface area (Å²) in [5.74, 6) is 0. The van der Waals surface area contributed by atoms with Crippen molar-refractivity contribution < 1.29 is 0 Å². The number of rotatable bonds is 4. The Kier molecular flexibility index (Phi) is 6.61. The first-order valence-corrected chi connectivity index (χ1v) is 16.6. The summed E-state index contributed by atoms with van der Waals surface area (Å²) < 4.78 is 0. The monoisotopic (exact) mass is 598 g/mol. The summed E-state index contributed by atoms with van der Waals surface area (Å²) in [7, 11) is 0. The minimum atomic E-state index is 1.02. The van der Waals surface area contributed by atoms with Gasteiger partial charge in [-0.25, -0.2) is 0 Å². The highest BCUT2D eigenvalue weighted by Gasteiger charge is 2.20. The van der Waals surface area contributed by atoms with E-state index in [1.54, 1.807) is 0 Å². The normalized spacial score (nSPS) is 13.3. The molecule has 0 heteroatoms. The molecule has 0 unspecified atom stereocenters. The molecule has 0 N–H and O–H groups in total. The van der Waals surface area contributed by atoms with E-state index in [-0.39, 0.29) is 0 Å². The van der Waals surface area contributed by atoms with Gasteiger partial charge in [0.25, 0.3) is 0 Å². The van der Waals surface area contributed by atoms with Crippen LogP contribution in [0.15, 0.2) is 164 Å². The van der Waals surface area contributed by atoms with Gasteiger partial charge in [0.15, 0.2) is 0 Å². The number of hydrogen-bond acceptors (Lipinski definition) is 0. The van der Waals surface area contributed by atoms with E-state index in [0.29, 0.717) is 0 Å². The SMILES string of the molecule is Cc1ccc2c(-c3ccc(-c4ccc5ccccc5c4)cc3)c3ccccc3c(C3=CC=C(c4ccc5ccccc5c4)CC3)c2c1. The fourth-order valence-corrected chi connectivity index (χ4v) is 7.62. The van der Waals surface area contributed by atoms with Crippen molar-refractivity contribution in [1.29, 1.82) is 0 Å². The summed E-state index contributed by atoms with van der Waals surface area (Å²) in [6.07, 6.45) is 6.80. The van der Waals surface area contributed by atoms with E-state index in [2.05, 4.69) is 171 Å². The van der Waals surface area contributed by atoms with E-state index < -0.39 is 0 Å². The van der Waals surface area contributed by atoms with E-state index in [9.17, 15) is 0 Å². The Morgan fingerprint density at radius 2 is 0.851 bits per heavy atom. The third kappa shape index (κ3) is 4.85. The average molecular weight is 599 g/mol. The molecule has 8 aromatic rings. The highest BCUT2D eigenvalue weighted by atomic mass is 14.2. The second-order valence-electron chi connectivity index (χ2n) is 12.9. The van der Waals surface area contributed by atoms with Crippen LogP contribution in [0.3, 0.4) is 0 Å². The molecule has 0 heterocycles. The number of fused-ring (bicyclic) bond motifs is 4. The van der Waals surface area contributed by atoms with Crippen LogP contribution in [-0.4, -0.2) is 0 Å². The fourth-order valence-electron chi connectivity index (χ4n) is 7.62. The van der Waals surface area contributed by atoms with Gasteiger partial charge in [-0.2, -0.15) is 0 Å². The molecule has 0 bridgehead atoms. The smallest absolute Gasteiger partial charge is 0.00264 e. The van der Waals surface area contributed by atoms with Gasteiger partial charge in [0.2, 0.25) is 0 Å². The average Bonchev–Trinajstić information content (AvgIpc) is 3.13. The predicted molar refractivity (Wildman–Crippen MR) is 204 cm³/mol. The highest BCUT2D eigenvalue weighted by molar-refractivity contribution is 6.19. The number of benzene rings is 8. The van der Waals surface area contributed by atoms with Gasteiger partial charge in [0, 0.05) is 0 Å². The Balaban J connectivity index is 1.17. The Labute approximate surface area is 275 Å². The van der Waals surface area contributed by atoms with E-state index in [1.807, 2.05) is 0 Å². The Bertz CT molecular complexity index is 2560. The van der Waals surface area contributed by atoms with Crippen molar-refractivity contribution >= 4 is 54.2 Å². The molecule has 0 nitrogen and oxygen atoms in total. The maximum absolute atomic E-state index is 2.40.